The molecule has 0 atom stereocenters. The molecule has 1 heterocycles. The Morgan fingerprint density at radius 2 is 1.76 bits per heavy atom. The van der Waals surface area contributed by atoms with E-state index in [2.05, 4.69) is 15.5 Å². The second-order valence-electron chi connectivity index (χ2n) is 6.52. The van der Waals surface area contributed by atoms with Crippen molar-refractivity contribution in [2.75, 3.05) is 6.54 Å². The van der Waals surface area contributed by atoms with Crippen molar-refractivity contribution in [3.8, 4) is 11.4 Å². The van der Waals surface area contributed by atoms with Gasteiger partial charge in [0.05, 0.1) is 4.90 Å². The molecular weight excluding hydrogens is 392 g/mol. The van der Waals surface area contributed by atoms with Gasteiger partial charge in [-0.25, -0.2) is 13.6 Å². The largest absolute Gasteiger partial charge is 0.356 e. The molecule has 3 aromatic rings. The summed E-state index contributed by atoms with van der Waals surface area (Å²) in [6, 6.07) is 15.8. The van der Waals surface area contributed by atoms with E-state index in [9.17, 15) is 13.2 Å². The Kier molecular flexibility index (Phi) is 6.73. The van der Waals surface area contributed by atoms with Gasteiger partial charge in [-0.3, -0.25) is 4.79 Å². The number of hydrogen-bond donors (Lipinski definition) is 2. The van der Waals surface area contributed by atoms with E-state index in [1.807, 2.05) is 30.3 Å². The van der Waals surface area contributed by atoms with Gasteiger partial charge >= 0.3 is 0 Å². The summed E-state index contributed by atoms with van der Waals surface area (Å²) in [7, 11) is -3.69. The Balaban J connectivity index is 1.37. The molecule has 0 aliphatic heterocycles. The van der Waals surface area contributed by atoms with Gasteiger partial charge in [-0.05, 0) is 30.5 Å². The molecule has 2 aromatic carbocycles. The lowest BCUT2D eigenvalue weighted by Gasteiger charge is -2.05. The summed E-state index contributed by atoms with van der Waals surface area (Å²) in [5.41, 5.74) is 1.80. The van der Waals surface area contributed by atoms with Crippen LogP contribution >= 0.6 is 0 Å². The van der Waals surface area contributed by atoms with Gasteiger partial charge in [-0.1, -0.05) is 47.6 Å². The van der Waals surface area contributed by atoms with Crippen molar-refractivity contribution in [1.29, 1.82) is 0 Å². The molecule has 9 heteroatoms. The molecule has 0 spiro atoms. The average Bonchev–Trinajstić information content (AvgIpc) is 3.17. The van der Waals surface area contributed by atoms with Crippen LogP contribution in [0, 0.1) is 0 Å². The van der Waals surface area contributed by atoms with E-state index < -0.39 is 10.0 Å². The SMILES string of the molecule is NS(=O)(=O)c1ccc(CCNC(=O)CCCc2nc(-c3ccccc3)no2)cc1. The summed E-state index contributed by atoms with van der Waals surface area (Å²) in [5, 5.41) is 11.9. The molecule has 0 bridgehead atoms. The van der Waals surface area contributed by atoms with Crippen molar-refractivity contribution in [1.82, 2.24) is 15.5 Å². The maximum absolute atomic E-state index is 12.0. The second kappa shape index (κ2) is 9.44. The number of carbonyl (C=O) groups is 1. The van der Waals surface area contributed by atoms with Crippen LogP contribution in [0.15, 0.2) is 64.0 Å². The van der Waals surface area contributed by atoms with E-state index in [0.29, 0.717) is 43.9 Å². The first-order valence-corrected chi connectivity index (χ1v) is 10.7. The minimum absolute atomic E-state index is 0.0612. The molecule has 3 rings (SSSR count). The maximum atomic E-state index is 12.0. The zero-order valence-electron chi connectivity index (χ0n) is 15.7. The highest BCUT2D eigenvalue weighted by molar-refractivity contribution is 7.89. The molecule has 0 saturated heterocycles. The van der Waals surface area contributed by atoms with E-state index in [0.717, 1.165) is 11.1 Å². The highest BCUT2D eigenvalue weighted by Crippen LogP contribution is 2.15. The first kappa shape index (κ1) is 20.7. The van der Waals surface area contributed by atoms with Gasteiger partial charge in [0.25, 0.3) is 0 Å². The molecule has 0 aliphatic carbocycles. The van der Waals surface area contributed by atoms with Crippen LogP contribution in [0.1, 0.15) is 24.3 Å². The Bertz CT molecular complexity index is 1050. The number of carbonyl (C=O) groups excluding carboxylic acids is 1. The van der Waals surface area contributed by atoms with E-state index in [-0.39, 0.29) is 10.8 Å². The number of nitrogens with two attached hydrogens (primary N) is 1. The van der Waals surface area contributed by atoms with Crippen molar-refractivity contribution in [2.24, 2.45) is 5.14 Å². The van der Waals surface area contributed by atoms with Crippen LogP contribution in [0.25, 0.3) is 11.4 Å². The number of rotatable bonds is 9. The number of nitrogens with one attached hydrogen (secondary N) is 1. The number of benzene rings is 2. The summed E-state index contributed by atoms with van der Waals surface area (Å²) in [5.74, 6) is 0.985. The van der Waals surface area contributed by atoms with Crippen molar-refractivity contribution in [3.63, 3.8) is 0 Å². The van der Waals surface area contributed by atoms with Gasteiger partial charge in [-0.15, -0.1) is 0 Å². The summed E-state index contributed by atoms with van der Waals surface area (Å²) in [6.07, 6.45) is 2.09. The van der Waals surface area contributed by atoms with E-state index in [4.69, 9.17) is 9.66 Å². The fourth-order valence-electron chi connectivity index (χ4n) is 2.74. The van der Waals surface area contributed by atoms with Gasteiger partial charge in [0.1, 0.15) is 0 Å². The molecule has 8 nitrogen and oxygen atoms in total. The third-order valence-electron chi connectivity index (χ3n) is 4.28. The normalized spacial score (nSPS) is 11.3. The van der Waals surface area contributed by atoms with Crippen molar-refractivity contribution in [2.45, 2.75) is 30.6 Å². The van der Waals surface area contributed by atoms with Crippen LogP contribution in [-0.2, 0) is 27.7 Å². The Morgan fingerprint density at radius 3 is 2.45 bits per heavy atom. The molecule has 0 fully saturated rings. The molecular formula is C20H22N4O4S. The first-order chi connectivity index (χ1) is 13.9. The maximum Gasteiger partial charge on any atom is 0.238 e. The van der Waals surface area contributed by atoms with Gasteiger partial charge in [-0.2, -0.15) is 4.98 Å². The van der Waals surface area contributed by atoms with Gasteiger partial charge < -0.3 is 9.84 Å². The highest BCUT2D eigenvalue weighted by Gasteiger charge is 2.10. The van der Waals surface area contributed by atoms with Crippen molar-refractivity contribution in [3.05, 3.63) is 66.1 Å². The number of nitrogens with zero attached hydrogens (tertiary/aromatic N) is 2. The van der Waals surface area contributed by atoms with E-state index in [1.165, 1.54) is 12.1 Å². The number of hydrogen-bond acceptors (Lipinski definition) is 6. The summed E-state index contributed by atoms with van der Waals surface area (Å²) >= 11 is 0. The standard InChI is InChI=1S/C20H22N4O4S/c21-29(26,27)17-11-9-15(10-12-17)13-14-22-18(25)7-4-8-19-23-20(24-28-19)16-5-2-1-3-6-16/h1-3,5-6,9-12H,4,7-8,13-14H2,(H,22,25)(H2,21,26,27). The van der Waals surface area contributed by atoms with Gasteiger partial charge in [0.2, 0.25) is 27.6 Å². The lowest BCUT2D eigenvalue weighted by Crippen LogP contribution is -2.25. The second-order valence-corrected chi connectivity index (χ2v) is 8.08. The zero-order valence-corrected chi connectivity index (χ0v) is 16.6. The third-order valence-corrected chi connectivity index (χ3v) is 5.21. The molecule has 1 aromatic heterocycles. The lowest BCUT2D eigenvalue weighted by molar-refractivity contribution is -0.121. The number of aryl methyl sites for hydroxylation is 1. The van der Waals surface area contributed by atoms with Crippen LogP contribution in [0.5, 0.6) is 0 Å². The molecule has 1 amide bonds. The predicted octanol–water partition coefficient (Wildman–Crippen LogP) is 2.07. The molecule has 152 valence electrons. The van der Waals surface area contributed by atoms with Crippen LogP contribution in [0.2, 0.25) is 0 Å². The van der Waals surface area contributed by atoms with E-state index in [1.54, 1.807) is 12.1 Å². The van der Waals surface area contributed by atoms with Gasteiger partial charge in [0, 0.05) is 24.9 Å². The smallest absolute Gasteiger partial charge is 0.238 e. The fraction of sp³-hybridized carbons (Fsp3) is 0.250. The van der Waals surface area contributed by atoms with Crippen LogP contribution in [0.4, 0.5) is 0 Å². The van der Waals surface area contributed by atoms with Crippen molar-refractivity contribution >= 4 is 15.9 Å². The fourth-order valence-corrected chi connectivity index (χ4v) is 3.26. The Morgan fingerprint density at radius 1 is 1.03 bits per heavy atom. The van der Waals surface area contributed by atoms with Gasteiger partial charge in [0.15, 0.2) is 0 Å². The molecule has 0 aliphatic rings. The highest BCUT2D eigenvalue weighted by atomic mass is 32.2. The quantitative estimate of drug-likeness (QED) is 0.551. The van der Waals surface area contributed by atoms with E-state index >= 15 is 0 Å². The van der Waals surface area contributed by atoms with Crippen LogP contribution in [0.3, 0.4) is 0 Å². The zero-order chi connectivity index (χ0) is 20.7. The molecule has 0 unspecified atom stereocenters. The molecule has 29 heavy (non-hydrogen) atoms. The third kappa shape index (κ3) is 6.23. The summed E-state index contributed by atoms with van der Waals surface area (Å²) < 4.78 is 27.7. The molecule has 0 radical (unpaired) electrons. The van der Waals surface area contributed by atoms with Crippen LogP contribution < -0.4 is 10.5 Å². The molecule has 3 N–H and O–H groups in total. The summed E-state index contributed by atoms with van der Waals surface area (Å²) in [6.45, 7) is 0.465. The first-order valence-electron chi connectivity index (χ1n) is 9.18. The number of aromatic nitrogens is 2. The minimum Gasteiger partial charge on any atom is -0.356 e. The lowest BCUT2D eigenvalue weighted by atomic mass is 10.1. The Hall–Kier alpha value is -3.04. The Labute approximate surface area is 169 Å². The van der Waals surface area contributed by atoms with Crippen LogP contribution in [-0.4, -0.2) is 31.0 Å². The number of amides is 1. The summed E-state index contributed by atoms with van der Waals surface area (Å²) in [4.78, 5) is 16.4. The monoisotopic (exact) mass is 414 g/mol. The average molecular weight is 414 g/mol. The topological polar surface area (TPSA) is 128 Å². The van der Waals surface area contributed by atoms with Crippen molar-refractivity contribution < 1.29 is 17.7 Å². The number of sulfonamides is 1. The minimum atomic E-state index is -3.69. The molecule has 0 saturated carbocycles. The predicted molar refractivity (Wildman–Crippen MR) is 107 cm³/mol. The number of primary sulfonamides is 1.